The lowest BCUT2D eigenvalue weighted by molar-refractivity contribution is -0.117. The topological polar surface area (TPSA) is 66.5 Å². The van der Waals surface area contributed by atoms with Gasteiger partial charge in [-0.2, -0.15) is 0 Å². The standard InChI is InChI=1S/C27H32N2O3S/c1-18-11-24(8-9-25(18)29-10-2-3-26(29)30)33(31,32)28-23-6-4-22(5-7-23)27-15-19-12-20(16-27)14-21(13-19)17-27/h4-9,11,19-21,28H,2-3,10,12-17H2,1H3. The van der Waals surface area contributed by atoms with Crippen LogP contribution in [0.25, 0.3) is 0 Å². The number of hydrogen-bond acceptors (Lipinski definition) is 3. The molecule has 0 atom stereocenters. The van der Waals surface area contributed by atoms with Gasteiger partial charge in [-0.05, 0) is 116 Å². The summed E-state index contributed by atoms with van der Waals surface area (Å²) in [7, 11) is -3.70. The third-order valence-electron chi connectivity index (χ3n) is 8.63. The van der Waals surface area contributed by atoms with Gasteiger partial charge in [0, 0.05) is 24.3 Å². The van der Waals surface area contributed by atoms with Crippen LogP contribution in [-0.4, -0.2) is 20.9 Å². The molecule has 0 unspecified atom stereocenters. The number of amides is 1. The van der Waals surface area contributed by atoms with E-state index in [0.29, 0.717) is 24.1 Å². The molecule has 5 aliphatic rings. The fourth-order valence-corrected chi connectivity index (χ4v) is 8.71. The Labute approximate surface area is 196 Å². The summed E-state index contributed by atoms with van der Waals surface area (Å²) in [5.74, 6) is 2.76. The largest absolute Gasteiger partial charge is 0.312 e. The highest BCUT2D eigenvalue weighted by molar-refractivity contribution is 7.92. The second kappa shape index (κ2) is 7.59. The average Bonchev–Trinajstić information content (AvgIpc) is 3.18. The van der Waals surface area contributed by atoms with E-state index in [4.69, 9.17) is 0 Å². The van der Waals surface area contributed by atoms with Crippen molar-refractivity contribution >= 4 is 27.3 Å². The highest BCUT2D eigenvalue weighted by atomic mass is 32.2. The Morgan fingerprint density at radius 3 is 2.12 bits per heavy atom. The molecule has 5 fully saturated rings. The van der Waals surface area contributed by atoms with Crippen molar-refractivity contribution in [3.8, 4) is 0 Å². The summed E-state index contributed by atoms with van der Waals surface area (Å²) in [6, 6.07) is 13.2. The zero-order valence-electron chi connectivity index (χ0n) is 19.2. The van der Waals surface area contributed by atoms with Gasteiger partial charge in [-0.25, -0.2) is 8.42 Å². The molecule has 1 heterocycles. The van der Waals surface area contributed by atoms with E-state index in [1.807, 2.05) is 19.1 Å². The van der Waals surface area contributed by atoms with Crippen LogP contribution >= 0.6 is 0 Å². The maximum atomic E-state index is 13.1. The minimum atomic E-state index is -3.70. The molecule has 0 aromatic heterocycles. The normalized spacial score (nSPS) is 30.8. The Kier molecular flexibility index (Phi) is 4.88. The highest BCUT2D eigenvalue weighted by Crippen LogP contribution is 2.60. The Morgan fingerprint density at radius 1 is 0.939 bits per heavy atom. The molecule has 1 saturated heterocycles. The molecule has 4 saturated carbocycles. The van der Waals surface area contributed by atoms with Gasteiger partial charge in [0.1, 0.15) is 0 Å². The van der Waals surface area contributed by atoms with E-state index < -0.39 is 10.0 Å². The van der Waals surface area contributed by atoms with Gasteiger partial charge in [-0.15, -0.1) is 0 Å². The third kappa shape index (κ3) is 3.67. The van der Waals surface area contributed by atoms with E-state index >= 15 is 0 Å². The summed E-state index contributed by atoms with van der Waals surface area (Å²) in [5.41, 5.74) is 3.90. The van der Waals surface area contributed by atoms with Crippen LogP contribution in [0.2, 0.25) is 0 Å². The maximum absolute atomic E-state index is 13.1. The van der Waals surface area contributed by atoms with Crippen molar-refractivity contribution in [2.24, 2.45) is 17.8 Å². The fraction of sp³-hybridized carbons (Fsp3) is 0.519. The number of sulfonamides is 1. The lowest BCUT2D eigenvalue weighted by Crippen LogP contribution is -2.48. The molecule has 0 spiro atoms. The van der Waals surface area contributed by atoms with Crippen molar-refractivity contribution in [2.75, 3.05) is 16.2 Å². The first kappa shape index (κ1) is 21.2. The number of carbonyl (C=O) groups excluding carboxylic acids is 1. The molecule has 4 bridgehead atoms. The highest BCUT2D eigenvalue weighted by Gasteiger charge is 2.51. The molecule has 1 aliphatic heterocycles. The minimum Gasteiger partial charge on any atom is -0.312 e. The molecule has 1 N–H and O–H groups in total. The van der Waals surface area contributed by atoms with Gasteiger partial charge in [-0.3, -0.25) is 9.52 Å². The summed E-state index contributed by atoms with van der Waals surface area (Å²) < 4.78 is 28.9. The predicted molar refractivity (Wildman–Crippen MR) is 130 cm³/mol. The first-order chi connectivity index (χ1) is 15.8. The van der Waals surface area contributed by atoms with Gasteiger partial charge >= 0.3 is 0 Å². The Bertz CT molecular complexity index is 1170. The van der Waals surface area contributed by atoms with E-state index in [-0.39, 0.29) is 10.8 Å². The number of nitrogens with one attached hydrogen (secondary N) is 1. The second-order valence-electron chi connectivity index (χ2n) is 11.0. The number of rotatable bonds is 5. The van der Waals surface area contributed by atoms with Crippen molar-refractivity contribution in [3.63, 3.8) is 0 Å². The average molecular weight is 465 g/mol. The lowest BCUT2D eigenvalue weighted by atomic mass is 9.48. The molecular formula is C27H32N2O3S. The number of carbonyl (C=O) groups is 1. The van der Waals surface area contributed by atoms with Crippen LogP contribution < -0.4 is 9.62 Å². The molecule has 1 amide bonds. The van der Waals surface area contributed by atoms with Crippen molar-refractivity contribution in [1.29, 1.82) is 0 Å². The number of anilines is 2. The maximum Gasteiger partial charge on any atom is 0.261 e. The zero-order valence-corrected chi connectivity index (χ0v) is 20.0. The van der Waals surface area contributed by atoms with Crippen LogP contribution in [0.4, 0.5) is 11.4 Å². The van der Waals surface area contributed by atoms with Crippen LogP contribution in [0, 0.1) is 24.7 Å². The molecule has 33 heavy (non-hydrogen) atoms. The SMILES string of the molecule is Cc1cc(S(=O)(=O)Nc2ccc(C34CC5CC(CC(C5)C3)C4)cc2)ccc1N1CCCC1=O. The molecule has 7 rings (SSSR count). The Balaban J connectivity index is 1.20. The summed E-state index contributed by atoms with van der Waals surface area (Å²) in [4.78, 5) is 14.0. The van der Waals surface area contributed by atoms with Crippen LogP contribution in [-0.2, 0) is 20.2 Å². The van der Waals surface area contributed by atoms with Gasteiger partial charge in [-0.1, -0.05) is 12.1 Å². The molecular weight excluding hydrogens is 432 g/mol. The smallest absolute Gasteiger partial charge is 0.261 e. The molecule has 2 aromatic rings. The summed E-state index contributed by atoms with van der Waals surface area (Å²) in [6.45, 7) is 2.56. The van der Waals surface area contributed by atoms with Crippen molar-refractivity contribution < 1.29 is 13.2 Å². The molecule has 2 aromatic carbocycles. The van der Waals surface area contributed by atoms with E-state index in [0.717, 1.165) is 35.4 Å². The molecule has 5 nitrogen and oxygen atoms in total. The van der Waals surface area contributed by atoms with Crippen molar-refractivity contribution in [2.45, 2.75) is 68.6 Å². The van der Waals surface area contributed by atoms with Crippen molar-refractivity contribution in [1.82, 2.24) is 0 Å². The fourth-order valence-electron chi connectivity index (χ4n) is 7.57. The first-order valence-corrected chi connectivity index (χ1v) is 13.8. The van der Waals surface area contributed by atoms with Crippen LogP contribution in [0.1, 0.15) is 62.5 Å². The third-order valence-corrected chi connectivity index (χ3v) is 10.0. The molecule has 6 heteroatoms. The first-order valence-electron chi connectivity index (χ1n) is 12.4. The number of nitrogens with zero attached hydrogens (tertiary/aromatic N) is 1. The lowest BCUT2D eigenvalue weighted by Gasteiger charge is -2.57. The van der Waals surface area contributed by atoms with E-state index in [2.05, 4.69) is 16.9 Å². The van der Waals surface area contributed by atoms with E-state index in [1.54, 1.807) is 23.1 Å². The number of hydrogen-bond donors (Lipinski definition) is 1. The van der Waals surface area contributed by atoms with Gasteiger partial charge in [0.05, 0.1) is 4.90 Å². The molecule has 174 valence electrons. The van der Waals surface area contributed by atoms with Gasteiger partial charge in [0.25, 0.3) is 10.0 Å². The van der Waals surface area contributed by atoms with Gasteiger partial charge in [0.15, 0.2) is 0 Å². The van der Waals surface area contributed by atoms with Gasteiger partial charge in [0.2, 0.25) is 5.91 Å². The second-order valence-corrected chi connectivity index (χ2v) is 12.7. The Hall–Kier alpha value is -2.34. The van der Waals surface area contributed by atoms with E-state index in [9.17, 15) is 13.2 Å². The summed E-state index contributed by atoms with van der Waals surface area (Å²) >= 11 is 0. The Morgan fingerprint density at radius 2 is 1.58 bits per heavy atom. The molecule has 0 radical (unpaired) electrons. The van der Waals surface area contributed by atoms with Crippen LogP contribution in [0.5, 0.6) is 0 Å². The van der Waals surface area contributed by atoms with Crippen LogP contribution in [0.15, 0.2) is 47.4 Å². The molecule has 4 aliphatic carbocycles. The monoisotopic (exact) mass is 464 g/mol. The van der Waals surface area contributed by atoms with Gasteiger partial charge < -0.3 is 4.90 Å². The zero-order chi connectivity index (χ0) is 22.8. The minimum absolute atomic E-state index is 0.103. The van der Waals surface area contributed by atoms with Crippen molar-refractivity contribution in [3.05, 3.63) is 53.6 Å². The van der Waals surface area contributed by atoms with E-state index in [1.165, 1.54) is 44.1 Å². The summed E-state index contributed by atoms with van der Waals surface area (Å²) in [5, 5.41) is 0. The number of benzene rings is 2. The number of aryl methyl sites for hydroxylation is 1. The predicted octanol–water partition coefficient (Wildman–Crippen LogP) is 5.39. The quantitative estimate of drug-likeness (QED) is 0.645. The van der Waals surface area contributed by atoms with Crippen LogP contribution in [0.3, 0.4) is 0 Å². The summed E-state index contributed by atoms with van der Waals surface area (Å²) in [6.07, 6.45) is 9.56.